The second-order valence-electron chi connectivity index (χ2n) is 5.51. The van der Waals surface area contributed by atoms with E-state index in [0.717, 1.165) is 34.3 Å². The highest BCUT2D eigenvalue weighted by Crippen LogP contribution is 2.35. The fourth-order valence-electron chi connectivity index (χ4n) is 2.81. The molecule has 1 unspecified atom stereocenters. The fraction of sp³-hybridized carbons (Fsp3) is 0.105. The minimum atomic E-state index is 0.111. The molecule has 0 spiro atoms. The van der Waals surface area contributed by atoms with Gasteiger partial charge in [-0.3, -0.25) is 0 Å². The fourth-order valence-corrected chi connectivity index (χ4v) is 2.94. The number of fused-ring (bicyclic) bond motifs is 1. The standard InChI is InChI=1S/C19H15ClN2O/c20-14-9-7-13(8-10-14)17-12-18(19-6-3-11-23-19)22-16-5-2-1-4-15(16)21-17/h1-11,17,21H,12H2. The minimum absolute atomic E-state index is 0.111. The number of para-hydroxylation sites is 2. The lowest BCUT2D eigenvalue weighted by molar-refractivity contribution is 0.554. The summed E-state index contributed by atoms with van der Waals surface area (Å²) in [7, 11) is 0. The highest BCUT2D eigenvalue weighted by molar-refractivity contribution is 6.30. The zero-order valence-corrected chi connectivity index (χ0v) is 13.1. The van der Waals surface area contributed by atoms with Gasteiger partial charge in [-0.2, -0.15) is 0 Å². The maximum Gasteiger partial charge on any atom is 0.148 e. The van der Waals surface area contributed by atoms with Crippen molar-refractivity contribution in [1.29, 1.82) is 0 Å². The summed E-state index contributed by atoms with van der Waals surface area (Å²) in [6.45, 7) is 0. The Labute approximate surface area is 139 Å². The maximum atomic E-state index is 6.01. The smallest absolute Gasteiger partial charge is 0.148 e. The summed E-state index contributed by atoms with van der Waals surface area (Å²) in [6, 6.07) is 19.9. The van der Waals surface area contributed by atoms with Crippen LogP contribution in [0.25, 0.3) is 0 Å². The number of aliphatic imine (C=N–C) groups is 1. The third-order valence-corrected chi connectivity index (χ3v) is 4.22. The molecule has 3 aromatic rings. The predicted octanol–water partition coefficient (Wildman–Crippen LogP) is 5.61. The van der Waals surface area contributed by atoms with Crippen LogP contribution in [0, 0.1) is 0 Å². The molecule has 0 radical (unpaired) electrons. The quantitative estimate of drug-likeness (QED) is 0.665. The van der Waals surface area contributed by atoms with Crippen LogP contribution in [0.15, 0.2) is 76.3 Å². The molecule has 114 valence electrons. The first-order valence-electron chi connectivity index (χ1n) is 7.52. The van der Waals surface area contributed by atoms with Gasteiger partial charge >= 0.3 is 0 Å². The Morgan fingerprint density at radius 1 is 1.00 bits per heavy atom. The molecule has 0 amide bonds. The highest BCUT2D eigenvalue weighted by atomic mass is 35.5. The summed E-state index contributed by atoms with van der Waals surface area (Å²) in [5, 5.41) is 4.33. The van der Waals surface area contributed by atoms with Gasteiger partial charge in [-0.1, -0.05) is 35.9 Å². The molecule has 0 saturated heterocycles. The normalized spacial score (nSPS) is 16.9. The first kappa shape index (κ1) is 14.1. The molecular weight excluding hydrogens is 308 g/mol. The molecular formula is C19H15ClN2O. The number of halogens is 1. The van der Waals surface area contributed by atoms with Crippen molar-refractivity contribution in [2.24, 2.45) is 4.99 Å². The van der Waals surface area contributed by atoms with Gasteiger partial charge in [0, 0.05) is 11.4 Å². The topological polar surface area (TPSA) is 37.5 Å². The Hall–Kier alpha value is -2.52. The molecule has 0 saturated carbocycles. The summed E-state index contributed by atoms with van der Waals surface area (Å²) in [5.74, 6) is 0.808. The molecule has 1 aromatic heterocycles. The van der Waals surface area contributed by atoms with Gasteiger partial charge in [0.25, 0.3) is 0 Å². The SMILES string of the molecule is Clc1ccc(C2CC(c3ccco3)=Nc3ccccc3N2)cc1. The third kappa shape index (κ3) is 2.88. The van der Waals surface area contributed by atoms with Crippen LogP contribution in [0.2, 0.25) is 5.02 Å². The number of benzene rings is 2. The van der Waals surface area contributed by atoms with Crippen molar-refractivity contribution < 1.29 is 4.42 Å². The Balaban J connectivity index is 1.78. The molecule has 2 aromatic carbocycles. The van der Waals surface area contributed by atoms with Crippen molar-refractivity contribution in [2.45, 2.75) is 12.5 Å². The summed E-state index contributed by atoms with van der Waals surface area (Å²) in [5.41, 5.74) is 4.06. The predicted molar refractivity (Wildman–Crippen MR) is 93.8 cm³/mol. The molecule has 0 bridgehead atoms. The van der Waals surface area contributed by atoms with E-state index < -0.39 is 0 Å². The molecule has 1 N–H and O–H groups in total. The molecule has 0 aliphatic carbocycles. The molecule has 4 rings (SSSR count). The van der Waals surface area contributed by atoms with E-state index in [-0.39, 0.29) is 6.04 Å². The van der Waals surface area contributed by atoms with Gasteiger partial charge in [0.2, 0.25) is 0 Å². The zero-order chi connectivity index (χ0) is 15.6. The van der Waals surface area contributed by atoms with Crippen LogP contribution in [0.5, 0.6) is 0 Å². The number of nitrogens with zero attached hydrogens (tertiary/aromatic N) is 1. The summed E-state index contributed by atoms with van der Waals surface area (Å²) >= 11 is 6.01. The summed E-state index contributed by atoms with van der Waals surface area (Å²) in [6.07, 6.45) is 2.42. The Morgan fingerprint density at radius 3 is 2.61 bits per heavy atom. The highest BCUT2D eigenvalue weighted by Gasteiger charge is 2.22. The van der Waals surface area contributed by atoms with E-state index in [0.29, 0.717) is 0 Å². The lowest BCUT2D eigenvalue weighted by atomic mass is 10.00. The van der Waals surface area contributed by atoms with E-state index in [4.69, 9.17) is 21.0 Å². The summed E-state index contributed by atoms with van der Waals surface area (Å²) in [4.78, 5) is 4.81. The van der Waals surface area contributed by atoms with Crippen molar-refractivity contribution in [2.75, 3.05) is 5.32 Å². The number of rotatable bonds is 2. The Bertz CT molecular complexity index is 838. The monoisotopic (exact) mass is 322 g/mol. The van der Waals surface area contributed by atoms with Crippen LogP contribution < -0.4 is 5.32 Å². The van der Waals surface area contributed by atoms with Crippen molar-refractivity contribution >= 4 is 28.7 Å². The van der Waals surface area contributed by atoms with Crippen molar-refractivity contribution in [3.05, 3.63) is 83.3 Å². The zero-order valence-electron chi connectivity index (χ0n) is 12.4. The number of hydrogen-bond donors (Lipinski definition) is 1. The minimum Gasteiger partial charge on any atom is -0.463 e. The number of furan rings is 1. The van der Waals surface area contributed by atoms with Crippen LogP contribution in [-0.4, -0.2) is 5.71 Å². The van der Waals surface area contributed by atoms with Gasteiger partial charge in [0.15, 0.2) is 0 Å². The van der Waals surface area contributed by atoms with Gasteiger partial charge in [0.1, 0.15) is 5.76 Å². The number of nitrogens with one attached hydrogen (secondary N) is 1. The van der Waals surface area contributed by atoms with E-state index in [1.807, 2.05) is 60.7 Å². The van der Waals surface area contributed by atoms with Crippen LogP contribution in [0.1, 0.15) is 23.8 Å². The Morgan fingerprint density at radius 2 is 1.83 bits per heavy atom. The number of hydrogen-bond acceptors (Lipinski definition) is 3. The van der Waals surface area contributed by atoms with Gasteiger partial charge < -0.3 is 9.73 Å². The van der Waals surface area contributed by atoms with Crippen LogP contribution in [0.3, 0.4) is 0 Å². The second-order valence-corrected chi connectivity index (χ2v) is 5.94. The molecule has 1 aliphatic rings. The molecule has 1 atom stereocenters. The molecule has 0 fully saturated rings. The average molecular weight is 323 g/mol. The molecule has 23 heavy (non-hydrogen) atoms. The van der Waals surface area contributed by atoms with Gasteiger partial charge in [-0.25, -0.2) is 4.99 Å². The third-order valence-electron chi connectivity index (χ3n) is 3.96. The number of anilines is 1. The largest absolute Gasteiger partial charge is 0.463 e. The lowest BCUT2D eigenvalue weighted by Crippen LogP contribution is -2.14. The van der Waals surface area contributed by atoms with Crippen molar-refractivity contribution in [3.63, 3.8) is 0 Å². The Kier molecular flexibility index (Phi) is 3.64. The lowest BCUT2D eigenvalue weighted by Gasteiger charge is -2.19. The van der Waals surface area contributed by atoms with E-state index in [2.05, 4.69) is 5.32 Å². The van der Waals surface area contributed by atoms with Crippen LogP contribution in [0.4, 0.5) is 11.4 Å². The molecule has 1 aliphatic heterocycles. The van der Waals surface area contributed by atoms with Gasteiger partial charge in [-0.05, 0) is 42.0 Å². The maximum absolute atomic E-state index is 6.01. The molecule has 3 nitrogen and oxygen atoms in total. The average Bonchev–Trinajstić information content (AvgIpc) is 3.03. The van der Waals surface area contributed by atoms with E-state index in [9.17, 15) is 0 Å². The molecule has 2 heterocycles. The van der Waals surface area contributed by atoms with Gasteiger partial charge in [0.05, 0.1) is 29.4 Å². The van der Waals surface area contributed by atoms with Gasteiger partial charge in [-0.15, -0.1) is 0 Å². The van der Waals surface area contributed by atoms with Crippen LogP contribution in [-0.2, 0) is 0 Å². The van der Waals surface area contributed by atoms with Crippen molar-refractivity contribution in [1.82, 2.24) is 0 Å². The van der Waals surface area contributed by atoms with E-state index in [1.54, 1.807) is 6.26 Å². The van der Waals surface area contributed by atoms with E-state index in [1.165, 1.54) is 5.56 Å². The van der Waals surface area contributed by atoms with Crippen LogP contribution >= 0.6 is 11.6 Å². The first-order chi connectivity index (χ1) is 11.3. The first-order valence-corrected chi connectivity index (χ1v) is 7.90. The summed E-state index contributed by atoms with van der Waals surface area (Å²) < 4.78 is 5.57. The van der Waals surface area contributed by atoms with Crippen molar-refractivity contribution in [3.8, 4) is 0 Å². The second kappa shape index (κ2) is 5.94. The molecule has 4 heteroatoms. The van der Waals surface area contributed by atoms with E-state index >= 15 is 0 Å².